The van der Waals surface area contributed by atoms with Crippen LogP contribution < -0.4 is 10.5 Å². The summed E-state index contributed by atoms with van der Waals surface area (Å²) in [5.74, 6) is 0.0449. The molecular weight excluding hydrogens is 430 g/mol. The van der Waals surface area contributed by atoms with Crippen molar-refractivity contribution in [3.8, 4) is 5.69 Å². The molecule has 0 saturated carbocycles. The summed E-state index contributed by atoms with van der Waals surface area (Å²) in [6.07, 6.45) is 0. The monoisotopic (exact) mass is 449 g/mol. The Morgan fingerprint density at radius 2 is 1.74 bits per heavy atom. The Bertz CT molecular complexity index is 1320. The first-order chi connectivity index (χ1) is 15.0. The molecule has 0 atom stereocenters. The number of nitrogens with zero attached hydrogens (tertiary/aromatic N) is 3. The maximum Gasteiger partial charge on any atom is 0.266 e. The van der Waals surface area contributed by atoms with Crippen molar-refractivity contribution in [2.45, 2.75) is 12.1 Å². The first kappa shape index (κ1) is 21.2. The predicted molar refractivity (Wildman–Crippen MR) is 128 cm³/mol. The highest BCUT2D eigenvalue weighted by molar-refractivity contribution is 7.99. The van der Waals surface area contributed by atoms with Gasteiger partial charge in [0.2, 0.25) is 5.91 Å². The third kappa shape index (κ3) is 4.22. The average molecular weight is 450 g/mol. The van der Waals surface area contributed by atoms with Gasteiger partial charge in [0, 0.05) is 17.8 Å². The van der Waals surface area contributed by atoms with Crippen LogP contribution in [0.25, 0.3) is 16.6 Å². The van der Waals surface area contributed by atoms with Gasteiger partial charge in [0.1, 0.15) is 0 Å². The van der Waals surface area contributed by atoms with E-state index in [1.807, 2.05) is 55.5 Å². The maximum atomic E-state index is 13.4. The SMILES string of the molecule is Cc1c(Cl)cccc1-n1c(SCC(=O)N(C)c2ccccc2)nc2ccccc2c1=O. The Hall–Kier alpha value is -3.09. The van der Waals surface area contributed by atoms with Crippen LogP contribution in [0.1, 0.15) is 5.56 Å². The lowest BCUT2D eigenvalue weighted by atomic mass is 10.2. The van der Waals surface area contributed by atoms with Gasteiger partial charge in [0.25, 0.3) is 5.56 Å². The topological polar surface area (TPSA) is 55.2 Å². The van der Waals surface area contributed by atoms with Crippen LogP contribution in [0.3, 0.4) is 0 Å². The molecule has 0 unspecified atom stereocenters. The minimum absolute atomic E-state index is 0.0898. The predicted octanol–water partition coefficient (Wildman–Crippen LogP) is 5.10. The van der Waals surface area contributed by atoms with E-state index in [-0.39, 0.29) is 17.2 Å². The van der Waals surface area contributed by atoms with Gasteiger partial charge in [-0.25, -0.2) is 4.98 Å². The molecule has 4 rings (SSSR count). The summed E-state index contributed by atoms with van der Waals surface area (Å²) in [6.45, 7) is 1.86. The number of carbonyl (C=O) groups is 1. The fraction of sp³-hybridized carbons (Fsp3) is 0.125. The number of para-hydroxylation sites is 2. The number of fused-ring (bicyclic) bond motifs is 1. The third-order valence-corrected chi connectivity index (χ3v) is 6.40. The summed E-state index contributed by atoms with van der Waals surface area (Å²) >= 11 is 7.55. The highest BCUT2D eigenvalue weighted by atomic mass is 35.5. The van der Waals surface area contributed by atoms with Crippen LogP contribution >= 0.6 is 23.4 Å². The van der Waals surface area contributed by atoms with E-state index in [1.165, 1.54) is 11.8 Å². The number of hydrogen-bond acceptors (Lipinski definition) is 4. The first-order valence-corrected chi connectivity index (χ1v) is 11.1. The average Bonchev–Trinajstić information content (AvgIpc) is 2.80. The number of anilines is 1. The van der Waals surface area contributed by atoms with E-state index in [9.17, 15) is 9.59 Å². The number of aromatic nitrogens is 2. The molecule has 0 N–H and O–H groups in total. The van der Waals surface area contributed by atoms with E-state index in [0.717, 1.165) is 11.3 Å². The fourth-order valence-corrected chi connectivity index (χ4v) is 4.37. The largest absolute Gasteiger partial charge is 0.315 e. The molecule has 0 aliphatic heterocycles. The van der Waals surface area contributed by atoms with Crippen molar-refractivity contribution in [2.24, 2.45) is 0 Å². The number of halogens is 1. The standard InChI is InChI=1S/C24H20ClN3O2S/c1-16-19(25)12-8-14-21(16)28-23(30)18-11-6-7-13-20(18)26-24(28)31-15-22(29)27(2)17-9-4-3-5-10-17/h3-14H,15H2,1-2H3. The highest BCUT2D eigenvalue weighted by Gasteiger charge is 2.18. The van der Waals surface area contributed by atoms with Gasteiger partial charge in [0.15, 0.2) is 5.16 Å². The van der Waals surface area contributed by atoms with Gasteiger partial charge in [0.05, 0.1) is 22.3 Å². The van der Waals surface area contributed by atoms with Crippen LogP contribution in [0, 0.1) is 6.92 Å². The molecule has 0 aliphatic rings. The van der Waals surface area contributed by atoms with Crippen molar-refractivity contribution in [1.82, 2.24) is 9.55 Å². The molecular formula is C24H20ClN3O2S. The molecule has 0 aliphatic carbocycles. The van der Waals surface area contributed by atoms with Crippen molar-refractivity contribution in [2.75, 3.05) is 17.7 Å². The Morgan fingerprint density at radius 1 is 1.03 bits per heavy atom. The van der Waals surface area contributed by atoms with E-state index >= 15 is 0 Å². The molecule has 0 fully saturated rings. The van der Waals surface area contributed by atoms with E-state index in [0.29, 0.717) is 26.8 Å². The lowest BCUT2D eigenvalue weighted by Crippen LogP contribution is -2.28. The number of amides is 1. The molecule has 31 heavy (non-hydrogen) atoms. The molecule has 1 heterocycles. The summed E-state index contributed by atoms with van der Waals surface area (Å²) in [6, 6.07) is 22.1. The molecule has 4 aromatic rings. The summed E-state index contributed by atoms with van der Waals surface area (Å²) < 4.78 is 1.55. The minimum atomic E-state index is -0.192. The Balaban J connectivity index is 1.75. The molecule has 156 valence electrons. The molecule has 0 spiro atoms. The number of carbonyl (C=O) groups excluding carboxylic acids is 1. The van der Waals surface area contributed by atoms with E-state index in [4.69, 9.17) is 16.6 Å². The van der Waals surface area contributed by atoms with Gasteiger partial charge in [-0.15, -0.1) is 0 Å². The van der Waals surface area contributed by atoms with Gasteiger partial charge < -0.3 is 4.90 Å². The minimum Gasteiger partial charge on any atom is -0.315 e. The summed E-state index contributed by atoms with van der Waals surface area (Å²) in [5.41, 5.74) is 2.64. The Labute approximate surface area is 189 Å². The van der Waals surface area contributed by atoms with Crippen molar-refractivity contribution >= 4 is 45.9 Å². The number of benzene rings is 3. The molecule has 3 aromatic carbocycles. The second-order valence-corrected chi connectivity index (χ2v) is 8.36. The van der Waals surface area contributed by atoms with Crippen LogP contribution in [0.5, 0.6) is 0 Å². The smallest absolute Gasteiger partial charge is 0.266 e. The second-order valence-electron chi connectivity index (χ2n) is 7.01. The van der Waals surface area contributed by atoms with Crippen LogP contribution in [0.4, 0.5) is 5.69 Å². The molecule has 1 aromatic heterocycles. The van der Waals surface area contributed by atoms with Crippen molar-refractivity contribution in [3.63, 3.8) is 0 Å². The van der Waals surface area contributed by atoms with Crippen molar-refractivity contribution < 1.29 is 4.79 Å². The molecule has 5 nitrogen and oxygen atoms in total. The molecule has 0 radical (unpaired) electrons. The second kappa shape index (κ2) is 8.96. The number of rotatable bonds is 5. The quantitative estimate of drug-likeness (QED) is 0.314. The van der Waals surface area contributed by atoms with Crippen molar-refractivity contribution in [3.05, 3.63) is 93.7 Å². The zero-order valence-electron chi connectivity index (χ0n) is 17.1. The van der Waals surface area contributed by atoms with Gasteiger partial charge in [-0.1, -0.05) is 59.8 Å². The fourth-order valence-electron chi connectivity index (χ4n) is 3.28. The lowest BCUT2D eigenvalue weighted by molar-refractivity contribution is -0.115. The normalized spacial score (nSPS) is 10.9. The zero-order chi connectivity index (χ0) is 22.0. The van der Waals surface area contributed by atoms with Gasteiger partial charge in [-0.3, -0.25) is 14.2 Å². The van der Waals surface area contributed by atoms with E-state index in [2.05, 4.69) is 0 Å². The van der Waals surface area contributed by atoms with Crippen LogP contribution in [0.15, 0.2) is 82.7 Å². The summed E-state index contributed by atoms with van der Waals surface area (Å²) in [7, 11) is 1.74. The first-order valence-electron chi connectivity index (χ1n) is 9.69. The lowest BCUT2D eigenvalue weighted by Gasteiger charge is -2.18. The molecule has 0 saturated heterocycles. The van der Waals surface area contributed by atoms with E-state index < -0.39 is 0 Å². The van der Waals surface area contributed by atoms with E-state index in [1.54, 1.807) is 40.8 Å². The zero-order valence-corrected chi connectivity index (χ0v) is 18.7. The summed E-state index contributed by atoms with van der Waals surface area (Å²) in [4.78, 5) is 32.5. The molecule has 1 amide bonds. The molecule has 7 heteroatoms. The van der Waals surface area contributed by atoms with Crippen molar-refractivity contribution in [1.29, 1.82) is 0 Å². The van der Waals surface area contributed by atoms with Crippen LogP contribution in [-0.2, 0) is 4.79 Å². The summed E-state index contributed by atoms with van der Waals surface area (Å²) in [5, 5.41) is 1.52. The van der Waals surface area contributed by atoms with Gasteiger partial charge >= 0.3 is 0 Å². The Kier molecular flexibility index (Phi) is 6.11. The van der Waals surface area contributed by atoms with Crippen LogP contribution in [-0.4, -0.2) is 28.3 Å². The van der Waals surface area contributed by atoms with Crippen LogP contribution in [0.2, 0.25) is 5.02 Å². The van der Waals surface area contributed by atoms with Gasteiger partial charge in [-0.05, 0) is 48.9 Å². The number of hydrogen-bond donors (Lipinski definition) is 0. The van der Waals surface area contributed by atoms with Gasteiger partial charge in [-0.2, -0.15) is 0 Å². The molecule has 0 bridgehead atoms. The maximum absolute atomic E-state index is 13.4. The number of thioether (sulfide) groups is 1. The highest BCUT2D eigenvalue weighted by Crippen LogP contribution is 2.27. The Morgan fingerprint density at radius 3 is 2.52 bits per heavy atom. The third-order valence-electron chi connectivity index (χ3n) is 5.07.